The predicted octanol–water partition coefficient (Wildman–Crippen LogP) is 4.29. The Morgan fingerprint density at radius 2 is 2.15 bits per heavy atom. The smallest absolute Gasteiger partial charge is 0.318 e. The van der Waals surface area contributed by atoms with E-state index in [1.165, 1.54) is 6.07 Å². The number of benzene rings is 2. The molecule has 7 nitrogen and oxygen atoms in total. The van der Waals surface area contributed by atoms with Crippen LogP contribution in [-0.4, -0.2) is 23.2 Å². The first-order valence-corrected chi connectivity index (χ1v) is 9.45. The van der Waals surface area contributed by atoms with Crippen molar-refractivity contribution in [2.75, 3.05) is 12.4 Å². The van der Waals surface area contributed by atoms with E-state index in [0.717, 1.165) is 5.56 Å². The molecule has 0 saturated carbocycles. The summed E-state index contributed by atoms with van der Waals surface area (Å²) >= 11 is 2.21. The van der Waals surface area contributed by atoms with Gasteiger partial charge in [0, 0.05) is 34.8 Å². The van der Waals surface area contributed by atoms with Crippen LogP contribution in [0.1, 0.15) is 11.1 Å². The van der Waals surface area contributed by atoms with Gasteiger partial charge in [0.2, 0.25) is 0 Å². The number of nitrogens with one attached hydrogen (secondary N) is 2. The van der Waals surface area contributed by atoms with Gasteiger partial charge in [0.15, 0.2) is 0 Å². The monoisotopic (exact) mass is 474 g/mol. The zero-order valence-electron chi connectivity index (χ0n) is 14.3. The Balaban J connectivity index is 1.98. The van der Waals surface area contributed by atoms with Gasteiger partial charge in [0.05, 0.1) is 11.1 Å². The highest BCUT2D eigenvalue weighted by molar-refractivity contribution is 14.1. The highest BCUT2D eigenvalue weighted by Crippen LogP contribution is 2.34. The van der Waals surface area contributed by atoms with Crippen LogP contribution in [0.15, 0.2) is 42.6 Å². The van der Waals surface area contributed by atoms with Gasteiger partial charge >= 0.3 is 6.03 Å². The van der Waals surface area contributed by atoms with Crippen LogP contribution in [0.4, 0.5) is 10.5 Å². The third-order valence-corrected chi connectivity index (χ3v) is 4.68. The molecule has 27 heavy (non-hydrogen) atoms. The molecule has 0 aliphatic rings. The molecule has 0 fully saturated rings. The lowest BCUT2D eigenvalue weighted by Gasteiger charge is -2.13. The number of hydrogen-bond acceptors (Lipinski definition) is 5. The van der Waals surface area contributed by atoms with Gasteiger partial charge in [-0.2, -0.15) is 5.26 Å². The lowest BCUT2D eigenvalue weighted by molar-refractivity contribution is 0.254. The number of carbonyl (C=O) groups is 1. The van der Waals surface area contributed by atoms with Crippen molar-refractivity contribution in [3.05, 3.63) is 53.7 Å². The molecular weight excluding hydrogens is 459 g/mol. The largest absolute Gasteiger partial charge is 0.506 e. The number of aromatic hydroxyl groups is 1. The Morgan fingerprint density at radius 1 is 1.33 bits per heavy atom. The second-order valence-corrected chi connectivity index (χ2v) is 6.33. The first-order valence-electron chi connectivity index (χ1n) is 7.93. The highest BCUT2D eigenvalue weighted by Gasteiger charge is 2.11. The summed E-state index contributed by atoms with van der Waals surface area (Å²) in [7, 11) is 1.55. The van der Waals surface area contributed by atoms with E-state index < -0.39 is 0 Å². The minimum absolute atomic E-state index is 0.119. The number of fused-ring (bicyclic) bond motifs is 1. The molecule has 136 valence electrons. The zero-order valence-corrected chi connectivity index (χ0v) is 16.4. The molecule has 8 heteroatoms. The molecule has 1 heterocycles. The number of phenols is 1. The van der Waals surface area contributed by atoms with Crippen LogP contribution < -0.4 is 15.4 Å². The summed E-state index contributed by atoms with van der Waals surface area (Å²) in [5.41, 5.74) is 2.28. The summed E-state index contributed by atoms with van der Waals surface area (Å²) < 4.78 is 6.68. The van der Waals surface area contributed by atoms with Crippen LogP contribution in [0.3, 0.4) is 0 Å². The maximum Gasteiger partial charge on any atom is 0.318 e. The lowest BCUT2D eigenvalue weighted by Crippen LogP contribution is -2.24. The van der Waals surface area contributed by atoms with Gasteiger partial charge in [-0.15, -0.1) is 0 Å². The van der Waals surface area contributed by atoms with Crippen molar-refractivity contribution < 1.29 is 14.6 Å². The standard InChI is InChI=1S/C19H15IN4O3/c1-22-19(26)24-15-3-2-13(6-11(15)9-20)27-18-4-5-23-16-8-17(25)12(10-21)7-14(16)18/h2-8,25H,9H2,1H3,(H2,22,24,26). The van der Waals surface area contributed by atoms with E-state index in [0.29, 0.717) is 32.5 Å². The van der Waals surface area contributed by atoms with E-state index in [-0.39, 0.29) is 17.3 Å². The Bertz CT molecular complexity index is 1060. The van der Waals surface area contributed by atoms with E-state index >= 15 is 0 Å². The summed E-state index contributed by atoms with van der Waals surface area (Å²) in [5, 5.41) is 24.9. The fourth-order valence-electron chi connectivity index (χ4n) is 2.51. The number of aromatic nitrogens is 1. The normalized spacial score (nSPS) is 10.3. The number of phenolic OH excluding ortho intramolecular Hbond substituents is 1. The Morgan fingerprint density at radius 3 is 2.85 bits per heavy atom. The fraction of sp³-hybridized carbons (Fsp3) is 0.105. The van der Waals surface area contributed by atoms with Gasteiger partial charge in [0.1, 0.15) is 23.3 Å². The van der Waals surface area contributed by atoms with Gasteiger partial charge in [0.25, 0.3) is 0 Å². The number of alkyl halides is 1. The molecule has 0 spiro atoms. The van der Waals surface area contributed by atoms with Gasteiger partial charge in [-0.3, -0.25) is 4.98 Å². The average Bonchev–Trinajstić information content (AvgIpc) is 2.68. The van der Waals surface area contributed by atoms with Gasteiger partial charge in [-0.25, -0.2) is 4.79 Å². The van der Waals surface area contributed by atoms with Crippen LogP contribution >= 0.6 is 22.6 Å². The van der Waals surface area contributed by atoms with Crippen LogP contribution in [0.25, 0.3) is 10.9 Å². The van der Waals surface area contributed by atoms with E-state index in [4.69, 9.17) is 10.00 Å². The van der Waals surface area contributed by atoms with Crippen molar-refractivity contribution in [3.8, 4) is 23.3 Å². The molecule has 0 atom stereocenters. The van der Waals surface area contributed by atoms with Crippen LogP contribution in [0, 0.1) is 11.3 Å². The number of nitrogens with zero attached hydrogens (tertiary/aromatic N) is 2. The Kier molecular flexibility index (Phi) is 5.61. The maximum absolute atomic E-state index is 11.6. The molecule has 0 aliphatic heterocycles. The molecule has 3 N–H and O–H groups in total. The number of pyridine rings is 1. The molecule has 0 saturated heterocycles. The summed E-state index contributed by atoms with van der Waals surface area (Å²) in [6.07, 6.45) is 1.57. The molecule has 3 rings (SSSR count). The Hall–Kier alpha value is -3.06. The number of nitriles is 1. The molecule has 0 bridgehead atoms. The molecule has 0 aliphatic carbocycles. The summed E-state index contributed by atoms with van der Waals surface area (Å²) in [4.78, 5) is 15.8. The third-order valence-electron chi connectivity index (χ3n) is 3.86. The van der Waals surface area contributed by atoms with E-state index in [9.17, 15) is 9.90 Å². The second kappa shape index (κ2) is 8.09. The van der Waals surface area contributed by atoms with E-state index in [1.807, 2.05) is 12.1 Å². The number of amides is 2. The third kappa shape index (κ3) is 4.03. The highest BCUT2D eigenvalue weighted by atomic mass is 127. The summed E-state index contributed by atoms with van der Waals surface area (Å²) in [6.45, 7) is 0. The molecule has 2 aromatic carbocycles. The summed E-state index contributed by atoms with van der Waals surface area (Å²) in [5.74, 6) is 0.984. The number of rotatable bonds is 4. The van der Waals surface area contributed by atoms with Crippen molar-refractivity contribution in [1.82, 2.24) is 10.3 Å². The topological polar surface area (TPSA) is 107 Å². The molecular formula is C19H15IN4O3. The van der Waals surface area contributed by atoms with Crippen LogP contribution in [0.2, 0.25) is 0 Å². The number of hydrogen-bond donors (Lipinski definition) is 3. The fourth-order valence-corrected chi connectivity index (χ4v) is 3.14. The zero-order chi connectivity index (χ0) is 19.4. The minimum atomic E-state index is -0.293. The van der Waals surface area contributed by atoms with Crippen LogP contribution in [0.5, 0.6) is 17.2 Å². The van der Waals surface area contributed by atoms with Crippen molar-refractivity contribution in [1.29, 1.82) is 5.26 Å². The predicted molar refractivity (Wildman–Crippen MR) is 110 cm³/mol. The first-order chi connectivity index (χ1) is 13.0. The quantitative estimate of drug-likeness (QED) is 0.387. The molecule has 1 aromatic heterocycles. The van der Waals surface area contributed by atoms with E-state index in [1.54, 1.807) is 37.5 Å². The second-order valence-electron chi connectivity index (χ2n) is 5.57. The van der Waals surface area contributed by atoms with Gasteiger partial charge < -0.3 is 20.5 Å². The van der Waals surface area contributed by atoms with Gasteiger partial charge in [-0.05, 0) is 35.9 Å². The average molecular weight is 474 g/mol. The van der Waals surface area contributed by atoms with Crippen LogP contribution in [-0.2, 0) is 4.43 Å². The minimum Gasteiger partial charge on any atom is -0.506 e. The first kappa shape index (κ1) is 18.7. The van der Waals surface area contributed by atoms with E-state index in [2.05, 4.69) is 38.2 Å². The molecule has 3 aromatic rings. The molecule has 2 amide bonds. The number of halogens is 1. The van der Waals surface area contributed by atoms with Crippen molar-refractivity contribution in [3.63, 3.8) is 0 Å². The summed E-state index contributed by atoms with van der Waals surface area (Å²) in [6, 6.07) is 11.7. The number of carbonyl (C=O) groups excluding carboxylic acids is 1. The lowest BCUT2D eigenvalue weighted by atomic mass is 10.1. The van der Waals surface area contributed by atoms with Gasteiger partial charge in [-0.1, -0.05) is 22.6 Å². The molecule has 0 radical (unpaired) electrons. The molecule has 0 unspecified atom stereocenters. The van der Waals surface area contributed by atoms with Crippen molar-refractivity contribution in [2.24, 2.45) is 0 Å². The number of urea groups is 1. The van der Waals surface area contributed by atoms with Crippen molar-refractivity contribution in [2.45, 2.75) is 4.43 Å². The maximum atomic E-state index is 11.6. The van der Waals surface area contributed by atoms with Crippen molar-refractivity contribution >= 4 is 45.2 Å². The SMILES string of the molecule is CNC(=O)Nc1ccc(Oc2ccnc3cc(O)c(C#N)cc23)cc1CI. The number of ether oxygens (including phenoxy) is 1. The number of anilines is 1. The Labute approximate surface area is 169 Å².